The third-order valence-electron chi connectivity index (χ3n) is 12.8. The molecule has 0 bridgehead atoms. The lowest BCUT2D eigenvalue weighted by Gasteiger charge is -2.24. The van der Waals surface area contributed by atoms with E-state index in [2.05, 4.69) is 210 Å². The van der Waals surface area contributed by atoms with Gasteiger partial charge in [0.05, 0.1) is 27.9 Å². The van der Waals surface area contributed by atoms with E-state index in [9.17, 15) is 0 Å². The van der Waals surface area contributed by atoms with E-state index in [1.165, 1.54) is 60.7 Å². The largest absolute Gasteiger partial charge is 0.486 e. The van der Waals surface area contributed by atoms with Gasteiger partial charge in [0, 0.05) is 61.5 Å². The van der Waals surface area contributed by atoms with Crippen molar-refractivity contribution in [3.8, 4) is 28.3 Å². The van der Waals surface area contributed by atoms with Crippen LogP contribution in [-0.2, 0) is 0 Å². The highest BCUT2D eigenvalue weighted by molar-refractivity contribution is 6.09. The Hall–Kier alpha value is -7.30. The van der Waals surface area contributed by atoms with Crippen LogP contribution in [0.4, 0.5) is 0 Å². The molecule has 0 spiro atoms. The van der Waals surface area contributed by atoms with Crippen LogP contribution >= 0.6 is 0 Å². The molecular formula is C56H42N2O2. The average molecular weight is 775 g/mol. The van der Waals surface area contributed by atoms with Crippen LogP contribution in [0.3, 0.4) is 0 Å². The minimum atomic E-state index is -0.127. The van der Waals surface area contributed by atoms with E-state index in [0.29, 0.717) is 6.61 Å². The molecule has 2 aliphatic heterocycles. The van der Waals surface area contributed by atoms with Crippen LogP contribution < -0.4 is 9.47 Å². The third-order valence-corrected chi connectivity index (χ3v) is 12.8. The highest BCUT2D eigenvalue weighted by Gasteiger charge is 2.37. The Morgan fingerprint density at radius 2 is 1.32 bits per heavy atom. The van der Waals surface area contributed by atoms with Gasteiger partial charge in [0.15, 0.2) is 0 Å². The van der Waals surface area contributed by atoms with Crippen molar-refractivity contribution in [2.24, 2.45) is 0 Å². The lowest BCUT2D eigenvalue weighted by molar-refractivity contribution is 0.278. The third kappa shape index (κ3) is 5.44. The number of rotatable bonds is 4. The van der Waals surface area contributed by atoms with Crippen LogP contribution in [0.5, 0.6) is 11.5 Å². The molecule has 0 fully saturated rings. The Morgan fingerprint density at radius 1 is 0.600 bits per heavy atom. The molecule has 8 aromatic rings. The maximum absolute atomic E-state index is 7.04. The second-order valence-corrected chi connectivity index (χ2v) is 16.3. The number of para-hydroxylation sites is 4. The molecule has 60 heavy (non-hydrogen) atoms. The quantitative estimate of drug-likeness (QED) is 0.178. The van der Waals surface area contributed by atoms with Gasteiger partial charge in [-0.05, 0) is 72.2 Å². The van der Waals surface area contributed by atoms with Crippen molar-refractivity contribution < 1.29 is 9.47 Å². The predicted octanol–water partition coefficient (Wildman–Crippen LogP) is 13.9. The van der Waals surface area contributed by atoms with Gasteiger partial charge in [-0.1, -0.05) is 147 Å². The van der Waals surface area contributed by atoms with Gasteiger partial charge in [-0.25, -0.2) is 0 Å². The van der Waals surface area contributed by atoms with Crippen molar-refractivity contribution >= 4 is 56.1 Å². The molecule has 4 heteroatoms. The molecule has 0 N–H and O–H groups in total. The average Bonchev–Trinajstić information content (AvgIpc) is 3.88. The number of allylic oxidation sites excluding steroid dienone is 7. The summed E-state index contributed by atoms with van der Waals surface area (Å²) in [4.78, 5) is 0. The van der Waals surface area contributed by atoms with Crippen LogP contribution in [0.1, 0.15) is 53.1 Å². The van der Waals surface area contributed by atoms with Crippen LogP contribution in [-0.4, -0.2) is 21.8 Å². The molecule has 0 radical (unpaired) electrons. The van der Waals surface area contributed by atoms with E-state index >= 15 is 0 Å². The molecule has 288 valence electrons. The van der Waals surface area contributed by atoms with Crippen molar-refractivity contribution in [1.82, 2.24) is 9.13 Å². The number of nitrogens with zero attached hydrogens (tertiary/aromatic N) is 2. The SMILES string of the molecule is CC1C=C/C=C(/n2c3c(c4ccccc42)C=CCC=C3)COc2c(-c3cccc(C4=CC=CC5c6cc(-n7c8ccccc8c8ccccc87)ccc6OC45)c3)cccc21. The fourth-order valence-corrected chi connectivity index (χ4v) is 10.0. The second kappa shape index (κ2) is 13.9. The zero-order valence-corrected chi connectivity index (χ0v) is 33.3. The summed E-state index contributed by atoms with van der Waals surface area (Å²) in [6.45, 7) is 2.68. The van der Waals surface area contributed by atoms with Gasteiger partial charge < -0.3 is 18.6 Å². The number of benzene rings is 6. The second-order valence-electron chi connectivity index (χ2n) is 16.3. The van der Waals surface area contributed by atoms with Crippen LogP contribution in [0, 0.1) is 0 Å². The van der Waals surface area contributed by atoms with Crippen molar-refractivity contribution in [2.45, 2.75) is 31.3 Å². The van der Waals surface area contributed by atoms with E-state index in [-0.39, 0.29) is 17.9 Å². The highest BCUT2D eigenvalue weighted by Crippen LogP contribution is 2.48. The van der Waals surface area contributed by atoms with E-state index in [1.54, 1.807) is 0 Å². The molecule has 12 rings (SSSR count). The molecule has 4 nitrogen and oxygen atoms in total. The maximum atomic E-state index is 7.04. The summed E-state index contributed by atoms with van der Waals surface area (Å²) in [5.41, 5.74) is 15.2. The van der Waals surface area contributed by atoms with E-state index in [4.69, 9.17) is 9.47 Å². The van der Waals surface area contributed by atoms with Gasteiger partial charge in [0.2, 0.25) is 0 Å². The lowest BCUT2D eigenvalue weighted by atomic mass is 9.83. The minimum absolute atomic E-state index is 0.100. The Balaban J connectivity index is 0.886. The zero-order valence-electron chi connectivity index (χ0n) is 33.3. The molecule has 4 heterocycles. The molecule has 2 aliphatic carbocycles. The molecule has 3 unspecified atom stereocenters. The lowest BCUT2D eigenvalue weighted by Crippen LogP contribution is -2.21. The van der Waals surface area contributed by atoms with E-state index in [0.717, 1.165) is 46.0 Å². The highest BCUT2D eigenvalue weighted by atomic mass is 16.5. The van der Waals surface area contributed by atoms with Crippen molar-refractivity contribution in [2.75, 3.05) is 6.61 Å². The standard InChI is InChI=1S/C56H42N2O2/c1-36-15-11-18-40(58-52-27-4-2-3-19-44(52)47-22-7-10-30-53(47)58)35-59-55-41(36)23-13-24-42(55)37-16-12-17-38(33-37)43-25-14-26-48-49-34-39(31-32-54(49)60-56(43)48)57-50-28-8-5-20-45(50)46-21-6-9-29-51(46)57/h3-34,36,48,56H,2,35H2,1H3/b15-11?,40-18+. The van der Waals surface area contributed by atoms with Gasteiger partial charge >= 0.3 is 0 Å². The first-order chi connectivity index (χ1) is 29.7. The van der Waals surface area contributed by atoms with Crippen molar-refractivity contribution in [3.05, 3.63) is 210 Å². The molecule has 4 aliphatic rings. The number of fused-ring (bicyclic) bond motifs is 10. The van der Waals surface area contributed by atoms with Gasteiger partial charge in [-0.2, -0.15) is 0 Å². The molecule has 3 atom stereocenters. The molecular weight excluding hydrogens is 733 g/mol. The first kappa shape index (κ1) is 34.7. The normalized spacial score (nSPS) is 19.9. The number of ether oxygens (including phenoxy) is 2. The molecule has 0 saturated carbocycles. The smallest absolute Gasteiger partial charge is 0.135 e. The number of hydrogen-bond donors (Lipinski definition) is 0. The number of hydrogen-bond acceptors (Lipinski definition) is 2. The summed E-state index contributed by atoms with van der Waals surface area (Å²) >= 11 is 0. The Kier molecular flexibility index (Phi) is 8.06. The minimum Gasteiger partial charge on any atom is -0.486 e. The summed E-state index contributed by atoms with van der Waals surface area (Å²) in [6, 6.07) is 48.3. The number of aromatic nitrogens is 2. The Bertz CT molecular complexity index is 3200. The predicted molar refractivity (Wildman–Crippen MR) is 249 cm³/mol. The topological polar surface area (TPSA) is 28.3 Å². The van der Waals surface area contributed by atoms with Crippen molar-refractivity contribution in [1.29, 1.82) is 0 Å². The molecule has 0 amide bonds. The molecule has 6 aromatic carbocycles. The molecule has 0 saturated heterocycles. The zero-order chi connectivity index (χ0) is 39.7. The Labute approximate surface area is 349 Å². The maximum Gasteiger partial charge on any atom is 0.135 e. The van der Waals surface area contributed by atoms with Gasteiger partial charge in [0.25, 0.3) is 0 Å². The van der Waals surface area contributed by atoms with Gasteiger partial charge in [0.1, 0.15) is 24.2 Å². The van der Waals surface area contributed by atoms with E-state index in [1.807, 2.05) is 0 Å². The van der Waals surface area contributed by atoms with Gasteiger partial charge in [-0.3, -0.25) is 0 Å². The molecule has 2 aromatic heterocycles. The van der Waals surface area contributed by atoms with Crippen molar-refractivity contribution in [3.63, 3.8) is 0 Å². The van der Waals surface area contributed by atoms with Crippen LogP contribution in [0.2, 0.25) is 0 Å². The summed E-state index contributed by atoms with van der Waals surface area (Å²) in [6.07, 6.45) is 23.3. The fraction of sp³-hybridized carbons (Fsp3) is 0.107. The van der Waals surface area contributed by atoms with Crippen LogP contribution in [0.15, 0.2) is 182 Å². The van der Waals surface area contributed by atoms with Crippen LogP contribution in [0.25, 0.3) is 72.9 Å². The van der Waals surface area contributed by atoms with E-state index < -0.39 is 0 Å². The summed E-state index contributed by atoms with van der Waals surface area (Å²) in [5, 5.41) is 3.77. The summed E-state index contributed by atoms with van der Waals surface area (Å²) in [7, 11) is 0. The first-order valence-electron chi connectivity index (χ1n) is 21.1. The first-order valence-corrected chi connectivity index (χ1v) is 21.1. The Morgan fingerprint density at radius 3 is 2.15 bits per heavy atom. The fourth-order valence-electron chi connectivity index (χ4n) is 10.0. The summed E-state index contributed by atoms with van der Waals surface area (Å²) in [5.74, 6) is 2.13. The summed E-state index contributed by atoms with van der Waals surface area (Å²) < 4.78 is 18.7. The monoisotopic (exact) mass is 774 g/mol. The van der Waals surface area contributed by atoms with Gasteiger partial charge in [-0.15, -0.1) is 0 Å².